The van der Waals surface area contributed by atoms with E-state index >= 15 is 0 Å². The molecule has 1 N–H and O–H groups in total. The van der Waals surface area contributed by atoms with Crippen LogP contribution in [0.2, 0.25) is 0 Å². The minimum absolute atomic E-state index is 0.148. The maximum Gasteiger partial charge on any atom is 0.394 e. The molecule has 0 aromatic rings. The van der Waals surface area contributed by atoms with Gasteiger partial charge in [0.25, 0.3) is 0 Å². The van der Waals surface area contributed by atoms with Gasteiger partial charge < -0.3 is 5.32 Å². The summed E-state index contributed by atoms with van der Waals surface area (Å²) in [5, 5.41) is 1.05. The van der Waals surface area contributed by atoms with E-state index in [1.165, 1.54) is 14.1 Å². The van der Waals surface area contributed by atoms with Gasteiger partial charge >= 0.3 is 6.18 Å². The fourth-order valence-corrected chi connectivity index (χ4v) is 3.10. The Bertz CT molecular complexity index is 326. The van der Waals surface area contributed by atoms with E-state index in [-0.39, 0.29) is 13.1 Å². The molecule has 0 saturated carbocycles. The van der Waals surface area contributed by atoms with Crippen LogP contribution in [0.5, 0.6) is 0 Å². The quantitative estimate of drug-likeness (QED) is 0.747. The highest BCUT2D eigenvalue weighted by Gasteiger charge is 2.52. The highest BCUT2D eigenvalue weighted by Crippen LogP contribution is 2.34. The van der Waals surface area contributed by atoms with E-state index < -0.39 is 27.4 Å². The second-order valence-electron chi connectivity index (χ2n) is 3.67. The number of sulfonamides is 1. The minimum atomic E-state index is -4.47. The molecule has 4 nitrogen and oxygen atoms in total. The van der Waals surface area contributed by atoms with Crippen molar-refractivity contribution in [1.82, 2.24) is 9.62 Å². The number of alkyl halides is 3. The van der Waals surface area contributed by atoms with Crippen LogP contribution in [0.4, 0.5) is 13.2 Å². The van der Waals surface area contributed by atoms with Gasteiger partial charge in [-0.3, -0.25) is 0 Å². The topological polar surface area (TPSA) is 49.4 Å². The average Bonchev–Trinajstić information content (AvgIpc) is 2.49. The van der Waals surface area contributed by atoms with Gasteiger partial charge in [-0.25, -0.2) is 12.7 Å². The van der Waals surface area contributed by atoms with Crippen molar-refractivity contribution >= 4 is 10.0 Å². The van der Waals surface area contributed by atoms with Crippen LogP contribution in [0.3, 0.4) is 0 Å². The number of nitrogens with zero attached hydrogens (tertiary/aromatic N) is 1. The van der Waals surface area contributed by atoms with Gasteiger partial charge in [0, 0.05) is 27.2 Å². The average molecular weight is 246 g/mol. The third-order valence-corrected chi connectivity index (χ3v) is 4.75. The van der Waals surface area contributed by atoms with Gasteiger partial charge in [-0.05, 0) is 0 Å². The molecule has 1 heterocycles. The van der Waals surface area contributed by atoms with Crippen molar-refractivity contribution in [2.24, 2.45) is 5.92 Å². The van der Waals surface area contributed by atoms with Gasteiger partial charge in [-0.15, -0.1) is 0 Å². The lowest BCUT2D eigenvalue weighted by molar-refractivity contribution is -0.167. The summed E-state index contributed by atoms with van der Waals surface area (Å²) in [5.74, 6) is -1.81. The van der Waals surface area contributed by atoms with Crippen molar-refractivity contribution in [3.63, 3.8) is 0 Å². The lowest BCUT2D eigenvalue weighted by Gasteiger charge is -2.24. The molecule has 0 amide bonds. The monoisotopic (exact) mass is 246 g/mol. The lowest BCUT2D eigenvalue weighted by atomic mass is 10.1. The van der Waals surface area contributed by atoms with Crippen molar-refractivity contribution in [2.45, 2.75) is 11.4 Å². The Labute approximate surface area is 86.5 Å². The molecule has 1 aliphatic rings. The molecular formula is C7H13F3N2O2S. The maximum absolute atomic E-state index is 12.5. The van der Waals surface area contributed by atoms with Crippen molar-refractivity contribution in [1.29, 1.82) is 0 Å². The second-order valence-corrected chi connectivity index (χ2v) is 6.04. The van der Waals surface area contributed by atoms with E-state index in [9.17, 15) is 21.6 Å². The van der Waals surface area contributed by atoms with E-state index in [1.54, 1.807) is 0 Å². The summed E-state index contributed by atoms with van der Waals surface area (Å²) in [7, 11) is -1.38. The molecule has 0 unspecified atom stereocenters. The molecule has 0 bridgehead atoms. The molecule has 0 spiro atoms. The predicted molar refractivity (Wildman–Crippen MR) is 48.8 cm³/mol. The number of rotatable bonds is 2. The first-order valence-corrected chi connectivity index (χ1v) is 5.86. The van der Waals surface area contributed by atoms with Gasteiger partial charge in [-0.1, -0.05) is 0 Å². The largest absolute Gasteiger partial charge is 0.394 e. The highest BCUT2D eigenvalue weighted by molar-refractivity contribution is 7.89. The van der Waals surface area contributed by atoms with Gasteiger partial charge in [0.05, 0.1) is 5.92 Å². The van der Waals surface area contributed by atoms with E-state index in [4.69, 9.17) is 0 Å². The third-order valence-electron chi connectivity index (χ3n) is 2.47. The van der Waals surface area contributed by atoms with Gasteiger partial charge in [-0.2, -0.15) is 13.2 Å². The summed E-state index contributed by atoms with van der Waals surface area (Å²) in [6, 6.07) is 0. The summed E-state index contributed by atoms with van der Waals surface area (Å²) in [4.78, 5) is 0. The van der Waals surface area contributed by atoms with Crippen LogP contribution < -0.4 is 5.32 Å². The van der Waals surface area contributed by atoms with E-state index in [1.807, 2.05) is 0 Å². The fraction of sp³-hybridized carbons (Fsp3) is 1.00. The molecule has 0 aromatic carbocycles. The van der Waals surface area contributed by atoms with Gasteiger partial charge in [0.15, 0.2) is 0 Å². The smallest absolute Gasteiger partial charge is 0.315 e. The van der Waals surface area contributed by atoms with Crippen LogP contribution in [0.1, 0.15) is 0 Å². The third kappa shape index (κ3) is 2.43. The molecule has 0 radical (unpaired) electrons. The Morgan fingerprint density at radius 1 is 1.27 bits per heavy atom. The van der Waals surface area contributed by atoms with Crippen LogP contribution in [0.25, 0.3) is 0 Å². The first-order valence-electron chi connectivity index (χ1n) is 4.36. The molecule has 90 valence electrons. The minimum Gasteiger partial charge on any atom is -0.315 e. The number of hydrogen-bond donors (Lipinski definition) is 1. The Hall–Kier alpha value is -0.340. The van der Waals surface area contributed by atoms with Gasteiger partial charge in [0.2, 0.25) is 10.0 Å². The molecule has 0 aromatic heterocycles. The molecule has 1 aliphatic heterocycles. The molecule has 1 saturated heterocycles. The molecular weight excluding hydrogens is 233 g/mol. The van der Waals surface area contributed by atoms with Crippen molar-refractivity contribution in [2.75, 3.05) is 27.2 Å². The zero-order valence-electron chi connectivity index (χ0n) is 8.37. The van der Waals surface area contributed by atoms with E-state index in [0.29, 0.717) is 0 Å². The molecule has 1 rings (SSSR count). The number of hydrogen-bond acceptors (Lipinski definition) is 3. The van der Waals surface area contributed by atoms with E-state index in [2.05, 4.69) is 5.32 Å². The Kier molecular flexibility index (Phi) is 3.32. The van der Waals surface area contributed by atoms with Crippen LogP contribution in [-0.2, 0) is 10.0 Å². The Morgan fingerprint density at radius 2 is 1.80 bits per heavy atom. The van der Waals surface area contributed by atoms with Crippen molar-refractivity contribution in [3.05, 3.63) is 0 Å². The van der Waals surface area contributed by atoms with Crippen LogP contribution in [0.15, 0.2) is 0 Å². The van der Waals surface area contributed by atoms with Gasteiger partial charge in [0.1, 0.15) is 5.25 Å². The SMILES string of the molecule is CN(C)S(=O)(=O)[C@H]1CNC[C@H]1C(F)(F)F. The van der Waals surface area contributed by atoms with Crippen molar-refractivity contribution in [3.8, 4) is 0 Å². The standard InChI is InChI=1S/C7H13F3N2O2S/c1-12(2)15(13,14)6-4-11-3-5(6)7(8,9)10/h5-6,11H,3-4H2,1-2H3/t5-,6+/m1/s1. The first kappa shape index (κ1) is 12.7. The van der Waals surface area contributed by atoms with Crippen LogP contribution in [0, 0.1) is 5.92 Å². The van der Waals surface area contributed by atoms with Crippen molar-refractivity contribution < 1.29 is 21.6 Å². The molecule has 0 aliphatic carbocycles. The number of nitrogens with one attached hydrogen (secondary N) is 1. The second kappa shape index (κ2) is 3.91. The zero-order chi connectivity index (χ0) is 11.9. The summed E-state index contributed by atoms with van der Waals surface area (Å²) < 4.78 is 61.4. The summed E-state index contributed by atoms with van der Waals surface area (Å²) in [6.07, 6.45) is -4.47. The molecule has 8 heteroatoms. The highest BCUT2D eigenvalue weighted by atomic mass is 32.2. The zero-order valence-corrected chi connectivity index (χ0v) is 9.19. The maximum atomic E-state index is 12.5. The molecule has 15 heavy (non-hydrogen) atoms. The molecule has 2 atom stereocenters. The summed E-state index contributed by atoms with van der Waals surface area (Å²) >= 11 is 0. The van der Waals surface area contributed by atoms with Crippen LogP contribution in [-0.4, -0.2) is 51.3 Å². The normalized spacial score (nSPS) is 28.7. The summed E-state index contributed by atoms with van der Waals surface area (Å²) in [6.45, 7) is -0.480. The molecule has 1 fully saturated rings. The Balaban J connectivity index is 2.97. The predicted octanol–water partition coefficient (Wildman–Crippen LogP) is 0.0281. The number of halogens is 3. The lowest BCUT2D eigenvalue weighted by Crippen LogP contribution is -2.43. The fourth-order valence-electron chi connectivity index (χ4n) is 1.56. The summed E-state index contributed by atoms with van der Waals surface area (Å²) in [5.41, 5.74) is 0. The first-order chi connectivity index (χ1) is 6.67. The van der Waals surface area contributed by atoms with Crippen LogP contribution >= 0.6 is 0 Å². The Morgan fingerprint density at radius 3 is 2.20 bits per heavy atom. The van der Waals surface area contributed by atoms with E-state index in [0.717, 1.165) is 4.31 Å².